The minimum Gasteiger partial charge on any atom is -0.489 e. The first-order valence-corrected chi connectivity index (χ1v) is 6.32. The van der Waals surface area contributed by atoms with Gasteiger partial charge in [-0.2, -0.15) is 0 Å². The molecular formula is C16H16F2O2. The van der Waals surface area contributed by atoms with Gasteiger partial charge in [-0.1, -0.05) is 18.2 Å². The van der Waals surface area contributed by atoms with E-state index in [9.17, 15) is 13.9 Å². The van der Waals surface area contributed by atoms with Crippen molar-refractivity contribution in [3.63, 3.8) is 0 Å². The molecule has 20 heavy (non-hydrogen) atoms. The number of hydrogen-bond acceptors (Lipinski definition) is 2. The summed E-state index contributed by atoms with van der Waals surface area (Å²) in [6.45, 7) is 3.67. The Balaban J connectivity index is 2.17. The zero-order chi connectivity index (χ0) is 14.7. The first-order valence-electron chi connectivity index (χ1n) is 6.32. The molecule has 1 N–H and O–H groups in total. The first kappa shape index (κ1) is 14.5. The summed E-state index contributed by atoms with van der Waals surface area (Å²) < 4.78 is 31.6. The summed E-state index contributed by atoms with van der Waals surface area (Å²) in [5.41, 5.74) is 2.19. The van der Waals surface area contributed by atoms with E-state index in [0.29, 0.717) is 16.9 Å². The Bertz CT molecular complexity index is 609. The molecular weight excluding hydrogens is 262 g/mol. The summed E-state index contributed by atoms with van der Waals surface area (Å²) in [5.74, 6) is -1.23. The maximum Gasteiger partial charge on any atom is 0.159 e. The van der Waals surface area contributed by atoms with E-state index < -0.39 is 17.7 Å². The average molecular weight is 278 g/mol. The number of hydrogen-bond donors (Lipinski definition) is 1. The lowest BCUT2D eigenvalue weighted by Gasteiger charge is -2.14. The molecule has 106 valence electrons. The molecule has 2 rings (SSSR count). The highest BCUT2D eigenvalue weighted by atomic mass is 19.2. The molecule has 0 heterocycles. The number of aliphatic hydroxyl groups is 1. The van der Waals surface area contributed by atoms with Crippen LogP contribution in [0.5, 0.6) is 5.75 Å². The zero-order valence-electron chi connectivity index (χ0n) is 11.4. The molecule has 2 aromatic rings. The molecule has 4 heteroatoms. The number of benzene rings is 2. The van der Waals surface area contributed by atoms with Gasteiger partial charge >= 0.3 is 0 Å². The van der Waals surface area contributed by atoms with Crippen LogP contribution < -0.4 is 4.74 Å². The fourth-order valence-corrected chi connectivity index (χ4v) is 1.90. The number of aryl methyl sites for hydroxylation is 1. The van der Waals surface area contributed by atoms with E-state index in [2.05, 4.69) is 0 Å². The second-order valence-corrected chi connectivity index (χ2v) is 4.75. The van der Waals surface area contributed by atoms with E-state index >= 15 is 0 Å². The Morgan fingerprint density at radius 1 is 1.10 bits per heavy atom. The van der Waals surface area contributed by atoms with Crippen LogP contribution in [0.1, 0.15) is 29.7 Å². The minimum absolute atomic E-state index is 0.111. The van der Waals surface area contributed by atoms with Crippen LogP contribution >= 0.6 is 0 Å². The second-order valence-electron chi connectivity index (χ2n) is 4.75. The largest absolute Gasteiger partial charge is 0.489 e. The van der Waals surface area contributed by atoms with Crippen LogP contribution in [0, 0.1) is 18.6 Å². The van der Waals surface area contributed by atoms with E-state index in [1.807, 2.05) is 19.1 Å². The van der Waals surface area contributed by atoms with Gasteiger partial charge in [-0.15, -0.1) is 0 Å². The minimum atomic E-state index is -0.897. The summed E-state index contributed by atoms with van der Waals surface area (Å²) >= 11 is 0. The summed E-state index contributed by atoms with van der Waals surface area (Å²) in [7, 11) is 0. The maximum absolute atomic E-state index is 13.1. The Morgan fingerprint density at radius 3 is 2.50 bits per heavy atom. The topological polar surface area (TPSA) is 29.5 Å². The molecule has 0 radical (unpaired) electrons. The van der Waals surface area contributed by atoms with Gasteiger partial charge in [0.05, 0.1) is 6.10 Å². The van der Waals surface area contributed by atoms with E-state index in [4.69, 9.17) is 4.74 Å². The molecule has 1 atom stereocenters. The molecule has 0 amide bonds. The SMILES string of the molecule is Cc1ccc([C@H](C)O)c(OCc2ccc(F)c(F)c2)c1. The van der Waals surface area contributed by atoms with Gasteiger partial charge in [0.1, 0.15) is 12.4 Å². The van der Waals surface area contributed by atoms with E-state index in [1.54, 1.807) is 13.0 Å². The van der Waals surface area contributed by atoms with Crippen LogP contribution in [-0.4, -0.2) is 5.11 Å². The highest BCUT2D eigenvalue weighted by Gasteiger charge is 2.10. The van der Waals surface area contributed by atoms with Gasteiger partial charge in [0, 0.05) is 5.56 Å². The van der Waals surface area contributed by atoms with Crippen LogP contribution in [0.15, 0.2) is 36.4 Å². The van der Waals surface area contributed by atoms with Crippen molar-refractivity contribution in [2.24, 2.45) is 0 Å². The highest BCUT2D eigenvalue weighted by Crippen LogP contribution is 2.27. The molecule has 2 nitrogen and oxygen atoms in total. The van der Waals surface area contributed by atoms with Crippen molar-refractivity contribution in [3.05, 3.63) is 64.7 Å². The second kappa shape index (κ2) is 6.01. The van der Waals surface area contributed by atoms with Crippen molar-refractivity contribution < 1.29 is 18.6 Å². The lowest BCUT2D eigenvalue weighted by molar-refractivity contribution is 0.190. The van der Waals surface area contributed by atoms with Gasteiger partial charge in [0.2, 0.25) is 0 Å². The quantitative estimate of drug-likeness (QED) is 0.919. The highest BCUT2D eigenvalue weighted by molar-refractivity contribution is 5.38. The van der Waals surface area contributed by atoms with Crippen molar-refractivity contribution in [1.29, 1.82) is 0 Å². The monoisotopic (exact) mass is 278 g/mol. The molecule has 0 spiro atoms. The molecule has 0 bridgehead atoms. The molecule has 0 aliphatic heterocycles. The molecule has 2 aromatic carbocycles. The standard InChI is InChI=1S/C16H16F2O2/c1-10-3-5-13(11(2)19)16(7-10)20-9-12-4-6-14(17)15(18)8-12/h3-8,11,19H,9H2,1-2H3/t11-/m0/s1. The molecule has 0 fully saturated rings. The predicted octanol–water partition coefficient (Wildman–Crippen LogP) is 3.91. The summed E-state index contributed by atoms with van der Waals surface area (Å²) in [6.07, 6.45) is -0.657. The zero-order valence-corrected chi connectivity index (χ0v) is 11.4. The van der Waals surface area contributed by atoms with Crippen molar-refractivity contribution in [2.75, 3.05) is 0 Å². The Labute approximate surface area is 116 Å². The molecule has 0 aliphatic rings. The number of ether oxygens (including phenoxy) is 1. The van der Waals surface area contributed by atoms with Gasteiger partial charge < -0.3 is 9.84 Å². The van der Waals surface area contributed by atoms with Crippen molar-refractivity contribution in [3.8, 4) is 5.75 Å². The Morgan fingerprint density at radius 2 is 1.85 bits per heavy atom. The molecule has 0 aliphatic carbocycles. The fraction of sp³-hybridized carbons (Fsp3) is 0.250. The average Bonchev–Trinajstić information content (AvgIpc) is 2.40. The van der Waals surface area contributed by atoms with Crippen LogP contribution in [0.3, 0.4) is 0 Å². The molecule has 0 unspecified atom stereocenters. The van der Waals surface area contributed by atoms with E-state index in [1.165, 1.54) is 6.07 Å². The van der Waals surface area contributed by atoms with Gasteiger partial charge in [0.25, 0.3) is 0 Å². The maximum atomic E-state index is 13.1. The van der Waals surface area contributed by atoms with Crippen LogP contribution in [0.2, 0.25) is 0 Å². The van der Waals surface area contributed by atoms with Crippen LogP contribution in [-0.2, 0) is 6.61 Å². The lowest BCUT2D eigenvalue weighted by Crippen LogP contribution is -2.02. The normalized spacial score (nSPS) is 12.2. The number of halogens is 2. The first-order chi connectivity index (χ1) is 9.47. The third-order valence-electron chi connectivity index (χ3n) is 3.00. The number of aliphatic hydroxyl groups excluding tert-OH is 1. The fourth-order valence-electron chi connectivity index (χ4n) is 1.90. The molecule has 0 saturated heterocycles. The van der Waals surface area contributed by atoms with E-state index in [0.717, 1.165) is 17.7 Å². The predicted molar refractivity (Wildman–Crippen MR) is 72.5 cm³/mol. The Hall–Kier alpha value is -1.94. The lowest BCUT2D eigenvalue weighted by atomic mass is 10.1. The molecule has 0 aromatic heterocycles. The van der Waals surface area contributed by atoms with Crippen molar-refractivity contribution >= 4 is 0 Å². The Kier molecular flexibility index (Phi) is 4.35. The van der Waals surface area contributed by atoms with Gasteiger partial charge in [-0.3, -0.25) is 0 Å². The third kappa shape index (κ3) is 3.33. The van der Waals surface area contributed by atoms with Gasteiger partial charge in [-0.05, 0) is 43.2 Å². The van der Waals surface area contributed by atoms with Crippen molar-refractivity contribution in [2.45, 2.75) is 26.6 Å². The van der Waals surface area contributed by atoms with E-state index in [-0.39, 0.29) is 6.61 Å². The number of rotatable bonds is 4. The van der Waals surface area contributed by atoms with Crippen LogP contribution in [0.25, 0.3) is 0 Å². The summed E-state index contributed by atoms with van der Waals surface area (Å²) in [4.78, 5) is 0. The molecule has 0 saturated carbocycles. The smallest absolute Gasteiger partial charge is 0.159 e. The summed E-state index contributed by atoms with van der Waals surface area (Å²) in [6, 6.07) is 9.12. The summed E-state index contributed by atoms with van der Waals surface area (Å²) in [5, 5.41) is 9.68. The van der Waals surface area contributed by atoms with Gasteiger partial charge in [0.15, 0.2) is 11.6 Å². The van der Waals surface area contributed by atoms with Crippen molar-refractivity contribution in [1.82, 2.24) is 0 Å². The van der Waals surface area contributed by atoms with Gasteiger partial charge in [-0.25, -0.2) is 8.78 Å². The third-order valence-corrected chi connectivity index (χ3v) is 3.00. The van der Waals surface area contributed by atoms with Crippen LogP contribution in [0.4, 0.5) is 8.78 Å².